The van der Waals surface area contributed by atoms with Gasteiger partial charge in [0.15, 0.2) is 12.1 Å². The fraction of sp³-hybridized carbons (Fsp3) is 0.0385. The lowest BCUT2D eigenvalue weighted by atomic mass is 10.1. The van der Waals surface area contributed by atoms with Crippen LogP contribution in [0.25, 0.3) is 44.6 Å². The Morgan fingerprint density at radius 1 is 0.730 bits per heavy atom. The van der Waals surface area contributed by atoms with E-state index in [4.69, 9.17) is 23.2 Å². The predicted molar refractivity (Wildman–Crippen MR) is 147 cm³/mol. The van der Waals surface area contributed by atoms with E-state index in [1.165, 1.54) is 11.3 Å². The summed E-state index contributed by atoms with van der Waals surface area (Å²) in [5.74, 6) is 0.789. The van der Waals surface area contributed by atoms with Crippen LogP contribution < -0.4 is 0 Å². The molecule has 0 saturated heterocycles. The number of hydrogen-bond acceptors (Lipinski definition) is 9. The van der Waals surface area contributed by atoms with Crippen molar-refractivity contribution < 1.29 is 9.90 Å². The van der Waals surface area contributed by atoms with Crippen LogP contribution in [0.3, 0.4) is 0 Å². The fourth-order valence-corrected chi connectivity index (χ4v) is 4.25. The van der Waals surface area contributed by atoms with Crippen molar-refractivity contribution in [2.75, 3.05) is 0 Å². The van der Waals surface area contributed by atoms with Crippen LogP contribution in [0.1, 0.15) is 17.1 Å². The lowest BCUT2D eigenvalue weighted by Gasteiger charge is -2.04. The number of thiophene rings is 1. The largest absolute Gasteiger partial charge is 0.508 e. The highest BCUT2D eigenvalue weighted by Crippen LogP contribution is 2.26. The second-order valence-corrected chi connectivity index (χ2v) is 9.14. The Balaban J connectivity index is 0.000000208. The molecule has 0 radical (unpaired) electrons. The van der Waals surface area contributed by atoms with Crippen molar-refractivity contribution in [3.63, 3.8) is 0 Å². The molecule has 0 amide bonds. The van der Waals surface area contributed by atoms with Crippen molar-refractivity contribution in [3.8, 4) is 28.3 Å². The molecule has 0 saturated carbocycles. The molecule has 0 aliphatic rings. The molecule has 0 aliphatic heterocycles. The number of nitrogens with zero attached hydrogens (tertiary/aromatic N) is 6. The molecule has 37 heavy (non-hydrogen) atoms. The van der Waals surface area contributed by atoms with E-state index >= 15 is 0 Å². The molecule has 6 aromatic rings. The summed E-state index contributed by atoms with van der Waals surface area (Å²) in [4.78, 5) is 36.5. The Morgan fingerprint density at radius 3 is 2.16 bits per heavy atom. The molecule has 5 aromatic heterocycles. The SMILES string of the molecule is C.Clc1cnc2cnc(Cl)nc2c1.O=Cc1cc(-c2ncc3ncc(-c4ccc(O)cc4)cc3n2)cs1. The average molecular weight is 549 g/mol. The number of halogens is 2. The number of hydrogen-bond donors (Lipinski definition) is 1. The van der Waals surface area contributed by atoms with Gasteiger partial charge in [0.05, 0.1) is 33.3 Å². The molecule has 1 N–H and O–H groups in total. The molecule has 1 aromatic carbocycles. The van der Waals surface area contributed by atoms with Gasteiger partial charge in [0.25, 0.3) is 0 Å². The van der Waals surface area contributed by atoms with Gasteiger partial charge in [0, 0.05) is 28.9 Å². The van der Waals surface area contributed by atoms with Crippen molar-refractivity contribution in [2.45, 2.75) is 7.43 Å². The maximum atomic E-state index is 10.8. The summed E-state index contributed by atoms with van der Waals surface area (Å²) in [5, 5.41) is 12.0. The number of fused-ring (bicyclic) bond motifs is 2. The second-order valence-electron chi connectivity index (χ2n) is 7.42. The minimum absolute atomic E-state index is 0. The van der Waals surface area contributed by atoms with Crippen molar-refractivity contribution in [1.82, 2.24) is 29.9 Å². The van der Waals surface area contributed by atoms with Crippen LogP contribution in [-0.4, -0.2) is 41.3 Å². The maximum Gasteiger partial charge on any atom is 0.223 e. The Morgan fingerprint density at radius 2 is 1.43 bits per heavy atom. The van der Waals surface area contributed by atoms with E-state index in [9.17, 15) is 9.90 Å². The molecule has 0 fully saturated rings. The van der Waals surface area contributed by atoms with E-state index < -0.39 is 0 Å². The summed E-state index contributed by atoms with van der Waals surface area (Å²) >= 11 is 12.6. The molecule has 11 heteroatoms. The number of benzene rings is 1. The molecule has 0 spiro atoms. The lowest BCUT2D eigenvalue weighted by molar-refractivity contribution is 0.112. The first-order valence-electron chi connectivity index (χ1n) is 10.4. The van der Waals surface area contributed by atoms with Crippen molar-refractivity contribution in [2.24, 2.45) is 0 Å². The first-order valence-corrected chi connectivity index (χ1v) is 12.0. The van der Waals surface area contributed by atoms with Gasteiger partial charge in [-0.15, -0.1) is 11.3 Å². The lowest BCUT2D eigenvalue weighted by Crippen LogP contribution is -1.91. The predicted octanol–water partition coefficient (Wildman–Crippen LogP) is 6.91. The van der Waals surface area contributed by atoms with Crippen LogP contribution in [0.2, 0.25) is 10.3 Å². The van der Waals surface area contributed by atoms with Gasteiger partial charge >= 0.3 is 0 Å². The van der Waals surface area contributed by atoms with Gasteiger partial charge in [-0.2, -0.15) is 0 Å². The number of aromatic nitrogens is 6. The van der Waals surface area contributed by atoms with Crippen LogP contribution in [-0.2, 0) is 0 Å². The van der Waals surface area contributed by atoms with E-state index in [1.54, 1.807) is 49.1 Å². The number of pyridine rings is 2. The summed E-state index contributed by atoms with van der Waals surface area (Å²) in [6, 6.07) is 12.3. The normalized spacial score (nSPS) is 10.4. The van der Waals surface area contributed by atoms with E-state index in [0.717, 1.165) is 28.5 Å². The van der Waals surface area contributed by atoms with Crippen LogP contribution in [0, 0.1) is 0 Å². The van der Waals surface area contributed by atoms with Crippen molar-refractivity contribution >= 4 is 62.9 Å². The molecule has 184 valence electrons. The molecule has 6 rings (SSSR count). The highest BCUT2D eigenvalue weighted by molar-refractivity contribution is 7.12. The van der Waals surface area contributed by atoms with E-state index in [0.29, 0.717) is 32.3 Å². The summed E-state index contributed by atoms with van der Waals surface area (Å²) < 4.78 is 0. The first kappa shape index (κ1) is 26.0. The first-order chi connectivity index (χ1) is 17.5. The van der Waals surface area contributed by atoms with Crippen LogP contribution >= 0.6 is 34.5 Å². The number of rotatable bonds is 3. The number of carbonyl (C=O) groups excluding carboxylic acids is 1. The van der Waals surface area contributed by atoms with Crippen molar-refractivity contribution in [1.29, 1.82) is 0 Å². The van der Waals surface area contributed by atoms with E-state index in [2.05, 4.69) is 29.9 Å². The van der Waals surface area contributed by atoms with Gasteiger partial charge in [0.1, 0.15) is 16.8 Å². The smallest absolute Gasteiger partial charge is 0.223 e. The van der Waals surface area contributed by atoms with Gasteiger partial charge in [-0.1, -0.05) is 31.2 Å². The Labute approximate surface area is 225 Å². The number of phenolic OH excluding ortho intramolecular Hbond substituents is 1. The zero-order valence-corrected chi connectivity index (χ0v) is 20.5. The molecule has 0 bridgehead atoms. The molecule has 0 aliphatic carbocycles. The zero-order valence-electron chi connectivity index (χ0n) is 18.2. The number of carbonyl (C=O) groups is 1. The summed E-state index contributed by atoms with van der Waals surface area (Å²) in [7, 11) is 0. The number of phenols is 1. The van der Waals surface area contributed by atoms with Crippen LogP contribution in [0.5, 0.6) is 5.75 Å². The second kappa shape index (κ2) is 11.3. The van der Waals surface area contributed by atoms with Crippen LogP contribution in [0.15, 0.2) is 72.6 Å². The van der Waals surface area contributed by atoms with E-state index in [1.807, 2.05) is 23.6 Å². The Bertz CT molecular complexity index is 1670. The van der Waals surface area contributed by atoms with Gasteiger partial charge in [-0.3, -0.25) is 14.8 Å². The minimum atomic E-state index is 0. The average Bonchev–Trinajstić information content (AvgIpc) is 3.38. The Hall–Kier alpha value is -4.05. The summed E-state index contributed by atoms with van der Waals surface area (Å²) in [6.07, 6.45) is 7.35. The molecular formula is C26H18Cl2N6O2S. The molecular weight excluding hydrogens is 531 g/mol. The Kier molecular flexibility index (Phi) is 7.98. The van der Waals surface area contributed by atoms with Gasteiger partial charge in [-0.05, 0) is 47.5 Å². The number of aldehydes is 1. The van der Waals surface area contributed by atoms with Gasteiger partial charge in [-0.25, -0.2) is 19.9 Å². The third-order valence-electron chi connectivity index (χ3n) is 5.00. The third-order valence-corrected chi connectivity index (χ3v) is 6.24. The quantitative estimate of drug-likeness (QED) is 0.187. The highest BCUT2D eigenvalue weighted by Gasteiger charge is 2.08. The van der Waals surface area contributed by atoms with Crippen molar-refractivity contribution in [3.05, 3.63) is 87.8 Å². The van der Waals surface area contributed by atoms with E-state index in [-0.39, 0.29) is 18.5 Å². The summed E-state index contributed by atoms with van der Waals surface area (Å²) in [5.41, 5.74) is 5.44. The standard InChI is InChI=1S/C18H11N3O2S.C7H3Cl2N3.CH4/c22-9-15-5-13(10-24-15)18-20-8-17-16(21-18)6-12(7-19-17)11-1-3-14(23)4-2-11;8-4-1-5-6(10-2-4)3-11-7(9)12-5;/h1-10,23H;1-3H;1H4. The van der Waals surface area contributed by atoms with Crippen LogP contribution in [0.4, 0.5) is 0 Å². The number of aromatic hydroxyl groups is 1. The van der Waals surface area contributed by atoms with Gasteiger partial charge in [0.2, 0.25) is 5.28 Å². The zero-order chi connectivity index (χ0) is 25.1. The fourth-order valence-electron chi connectivity index (χ4n) is 3.27. The minimum Gasteiger partial charge on any atom is -0.508 e. The molecule has 0 atom stereocenters. The monoisotopic (exact) mass is 548 g/mol. The third kappa shape index (κ3) is 6.03. The molecule has 8 nitrogen and oxygen atoms in total. The topological polar surface area (TPSA) is 115 Å². The van der Waals surface area contributed by atoms with Gasteiger partial charge < -0.3 is 5.11 Å². The molecule has 5 heterocycles. The maximum absolute atomic E-state index is 10.8. The summed E-state index contributed by atoms with van der Waals surface area (Å²) in [6.45, 7) is 0. The molecule has 0 unspecified atom stereocenters. The highest BCUT2D eigenvalue weighted by atomic mass is 35.5.